The van der Waals surface area contributed by atoms with Gasteiger partial charge in [-0.2, -0.15) is 0 Å². The van der Waals surface area contributed by atoms with E-state index in [2.05, 4.69) is 0 Å². The van der Waals surface area contributed by atoms with Crippen molar-refractivity contribution in [2.75, 3.05) is 7.05 Å². The number of aliphatic hydroxyl groups excluding tert-OH is 1. The van der Waals surface area contributed by atoms with Crippen molar-refractivity contribution in [3.8, 4) is 0 Å². The fourth-order valence-corrected chi connectivity index (χ4v) is 1.76. The van der Waals surface area contributed by atoms with E-state index >= 15 is 0 Å². The molecule has 0 unspecified atom stereocenters. The predicted octanol–water partition coefficient (Wildman–Crippen LogP) is 1.15. The Kier molecular flexibility index (Phi) is 2.65. The van der Waals surface area contributed by atoms with Crippen LogP contribution in [0.15, 0.2) is 24.3 Å². The van der Waals surface area contributed by atoms with Gasteiger partial charge < -0.3 is 9.94 Å². The maximum atomic E-state index is 11.1. The summed E-state index contributed by atoms with van der Waals surface area (Å²) in [6, 6.07) is 6.47. The lowest BCUT2D eigenvalue weighted by Gasteiger charge is -2.17. The van der Waals surface area contributed by atoms with Gasteiger partial charge in [0.05, 0.1) is 0 Å². The monoisotopic (exact) mass is 227 g/mol. The molecule has 80 valence electrons. The third kappa shape index (κ3) is 1.84. The van der Waals surface area contributed by atoms with Gasteiger partial charge in [-0.05, 0) is 17.7 Å². The third-order valence-electron chi connectivity index (χ3n) is 2.38. The Morgan fingerprint density at radius 2 is 2.00 bits per heavy atom. The number of hydrogen-bond donors (Lipinski definition) is 1. The molecule has 5 heteroatoms. The second-order valence-electron chi connectivity index (χ2n) is 3.40. The molecule has 0 bridgehead atoms. The zero-order chi connectivity index (χ0) is 11.0. The normalized spacial score (nSPS) is 26.7. The van der Waals surface area contributed by atoms with E-state index < -0.39 is 18.1 Å². The summed E-state index contributed by atoms with van der Waals surface area (Å²) in [5, 5.41) is 11.6. The molecule has 1 fully saturated rings. The van der Waals surface area contributed by atoms with Crippen LogP contribution in [0.25, 0.3) is 0 Å². The van der Waals surface area contributed by atoms with E-state index in [-0.39, 0.29) is 0 Å². The number of carbonyl (C=O) groups is 1. The van der Waals surface area contributed by atoms with Gasteiger partial charge in [0.25, 0.3) is 0 Å². The average molecular weight is 228 g/mol. The van der Waals surface area contributed by atoms with Crippen LogP contribution in [0.3, 0.4) is 0 Å². The molecular formula is C10H10ClNO3. The van der Waals surface area contributed by atoms with Crippen LogP contribution in [0.2, 0.25) is 5.02 Å². The minimum atomic E-state index is -1.14. The Bertz CT molecular complexity index is 379. The maximum Gasteiger partial charge on any atom is 0.355 e. The number of likely N-dealkylation sites (N-methyl/N-ethyl adjacent to an activating group) is 1. The summed E-state index contributed by atoms with van der Waals surface area (Å²) in [6.07, 6.45) is -1.14. The summed E-state index contributed by atoms with van der Waals surface area (Å²) >= 11 is 5.75. The highest BCUT2D eigenvalue weighted by atomic mass is 35.5. The molecule has 1 N–H and O–H groups in total. The Labute approximate surface area is 92.0 Å². The zero-order valence-corrected chi connectivity index (χ0v) is 8.81. The second-order valence-corrected chi connectivity index (χ2v) is 3.83. The number of rotatable bonds is 1. The van der Waals surface area contributed by atoms with E-state index in [1.807, 2.05) is 0 Å². The van der Waals surface area contributed by atoms with Gasteiger partial charge in [0.1, 0.15) is 6.04 Å². The van der Waals surface area contributed by atoms with E-state index in [9.17, 15) is 9.90 Å². The zero-order valence-electron chi connectivity index (χ0n) is 8.05. The van der Waals surface area contributed by atoms with Crippen molar-refractivity contribution in [2.45, 2.75) is 12.1 Å². The standard InChI is InChI=1S/C10H10ClNO3/c1-12-8(9(13)10(14)15-12)6-2-4-7(11)5-3-6/h2-5,8-9,13H,1H3/t8-,9-/m1/s1. The molecule has 0 spiro atoms. The van der Waals surface area contributed by atoms with Crippen molar-refractivity contribution in [1.29, 1.82) is 0 Å². The van der Waals surface area contributed by atoms with Crippen LogP contribution in [0, 0.1) is 0 Å². The fraction of sp³-hybridized carbons (Fsp3) is 0.300. The van der Waals surface area contributed by atoms with Crippen molar-refractivity contribution >= 4 is 17.6 Å². The molecule has 15 heavy (non-hydrogen) atoms. The number of hydroxylamine groups is 2. The first-order valence-electron chi connectivity index (χ1n) is 4.48. The van der Waals surface area contributed by atoms with Gasteiger partial charge in [0, 0.05) is 12.1 Å². The molecule has 1 aliphatic heterocycles. The van der Waals surface area contributed by atoms with Gasteiger partial charge in [-0.3, -0.25) is 0 Å². The number of aliphatic hydroxyl groups is 1. The molecule has 2 atom stereocenters. The predicted molar refractivity (Wildman–Crippen MR) is 54.1 cm³/mol. The largest absolute Gasteiger partial charge is 0.379 e. The van der Waals surface area contributed by atoms with Crippen molar-refractivity contribution in [3.05, 3.63) is 34.9 Å². The van der Waals surface area contributed by atoms with Crippen LogP contribution in [-0.2, 0) is 9.63 Å². The van der Waals surface area contributed by atoms with Crippen LogP contribution >= 0.6 is 11.6 Å². The maximum absolute atomic E-state index is 11.1. The van der Waals surface area contributed by atoms with Gasteiger partial charge in [0.15, 0.2) is 6.10 Å². The number of nitrogens with zero attached hydrogens (tertiary/aromatic N) is 1. The molecule has 1 heterocycles. The Balaban J connectivity index is 2.30. The van der Waals surface area contributed by atoms with Crippen molar-refractivity contribution in [3.63, 3.8) is 0 Å². The smallest absolute Gasteiger partial charge is 0.355 e. The summed E-state index contributed by atoms with van der Waals surface area (Å²) in [5.41, 5.74) is 0.792. The highest BCUT2D eigenvalue weighted by Gasteiger charge is 2.41. The quantitative estimate of drug-likeness (QED) is 0.782. The number of carbonyl (C=O) groups excluding carboxylic acids is 1. The van der Waals surface area contributed by atoms with E-state index in [0.29, 0.717) is 5.02 Å². The number of hydrogen-bond acceptors (Lipinski definition) is 4. The third-order valence-corrected chi connectivity index (χ3v) is 2.63. The van der Waals surface area contributed by atoms with Gasteiger partial charge in [-0.25, -0.2) is 4.79 Å². The summed E-state index contributed by atoms with van der Waals surface area (Å²) in [5.74, 6) is -0.627. The van der Waals surface area contributed by atoms with Crippen molar-refractivity contribution in [1.82, 2.24) is 5.06 Å². The van der Waals surface area contributed by atoms with E-state index in [1.165, 1.54) is 5.06 Å². The van der Waals surface area contributed by atoms with Gasteiger partial charge in [-0.15, -0.1) is 5.06 Å². The lowest BCUT2D eigenvalue weighted by molar-refractivity contribution is -0.170. The van der Waals surface area contributed by atoms with E-state index in [4.69, 9.17) is 16.4 Å². The summed E-state index contributed by atoms with van der Waals surface area (Å²) in [7, 11) is 1.60. The molecule has 1 aromatic rings. The van der Waals surface area contributed by atoms with Crippen molar-refractivity contribution < 1.29 is 14.7 Å². The van der Waals surface area contributed by atoms with Crippen LogP contribution < -0.4 is 0 Å². The molecule has 0 aliphatic carbocycles. The van der Waals surface area contributed by atoms with E-state index in [1.54, 1.807) is 31.3 Å². The molecule has 1 aromatic carbocycles. The Hall–Kier alpha value is -1.10. The molecule has 4 nitrogen and oxygen atoms in total. The van der Waals surface area contributed by atoms with Crippen LogP contribution in [-0.4, -0.2) is 29.3 Å². The summed E-state index contributed by atoms with van der Waals surface area (Å²) in [4.78, 5) is 15.9. The van der Waals surface area contributed by atoms with Crippen LogP contribution in [0.5, 0.6) is 0 Å². The van der Waals surface area contributed by atoms with Gasteiger partial charge in [-0.1, -0.05) is 23.7 Å². The van der Waals surface area contributed by atoms with E-state index in [0.717, 1.165) is 5.56 Å². The molecule has 0 radical (unpaired) electrons. The number of halogens is 1. The Morgan fingerprint density at radius 3 is 2.47 bits per heavy atom. The van der Waals surface area contributed by atoms with Crippen LogP contribution in [0.4, 0.5) is 0 Å². The lowest BCUT2D eigenvalue weighted by Crippen LogP contribution is -2.24. The average Bonchev–Trinajstić information content (AvgIpc) is 2.44. The van der Waals surface area contributed by atoms with Gasteiger partial charge >= 0.3 is 5.97 Å². The molecular weight excluding hydrogens is 218 g/mol. The summed E-state index contributed by atoms with van der Waals surface area (Å²) < 4.78 is 0. The van der Waals surface area contributed by atoms with Crippen molar-refractivity contribution in [2.24, 2.45) is 0 Å². The first-order chi connectivity index (χ1) is 7.09. The minimum Gasteiger partial charge on any atom is -0.379 e. The molecule has 2 rings (SSSR count). The second kappa shape index (κ2) is 3.81. The number of benzene rings is 1. The SMILES string of the molecule is CN1OC(=O)[C@H](O)[C@H]1c1ccc(Cl)cc1. The first-order valence-corrected chi connectivity index (χ1v) is 4.85. The molecule has 0 aromatic heterocycles. The molecule has 0 saturated carbocycles. The Morgan fingerprint density at radius 1 is 1.40 bits per heavy atom. The highest BCUT2D eigenvalue weighted by Crippen LogP contribution is 2.30. The van der Waals surface area contributed by atoms with Gasteiger partial charge in [0.2, 0.25) is 0 Å². The minimum absolute atomic E-state index is 0.463. The summed E-state index contributed by atoms with van der Waals surface area (Å²) in [6.45, 7) is 0. The fourth-order valence-electron chi connectivity index (χ4n) is 1.63. The molecule has 1 saturated heterocycles. The molecule has 1 aliphatic rings. The highest BCUT2D eigenvalue weighted by molar-refractivity contribution is 6.30. The first kappa shape index (κ1) is 10.4. The topological polar surface area (TPSA) is 49.8 Å². The van der Waals surface area contributed by atoms with Crippen LogP contribution in [0.1, 0.15) is 11.6 Å². The lowest BCUT2D eigenvalue weighted by atomic mass is 10.0. The molecule has 0 amide bonds.